The Morgan fingerprint density at radius 1 is 0.964 bits per heavy atom. The van der Waals surface area contributed by atoms with E-state index in [1.165, 1.54) is 0 Å². The maximum atomic E-state index is 12.5. The molecule has 1 aliphatic heterocycles. The number of amides is 1. The molecule has 0 fully saturated rings. The molecular weight excluding hydrogens is 358 g/mol. The van der Waals surface area contributed by atoms with Crippen LogP contribution >= 0.6 is 0 Å². The largest absolute Gasteiger partial charge is 0.493 e. The third-order valence-corrected chi connectivity index (χ3v) is 4.84. The Morgan fingerprint density at radius 2 is 1.64 bits per heavy atom. The fourth-order valence-electron chi connectivity index (χ4n) is 3.37. The van der Waals surface area contributed by atoms with Gasteiger partial charge in [-0.3, -0.25) is 4.79 Å². The van der Waals surface area contributed by atoms with E-state index in [0.717, 1.165) is 16.7 Å². The molecule has 150 valence electrons. The van der Waals surface area contributed by atoms with Crippen molar-refractivity contribution in [3.63, 3.8) is 0 Å². The normalized spacial score (nSPS) is 13.4. The van der Waals surface area contributed by atoms with Crippen LogP contribution < -0.4 is 18.9 Å². The molecule has 0 saturated heterocycles. The topological polar surface area (TPSA) is 57.2 Å². The SMILES string of the molecule is COc1ccc(-c2cc3c(c(OC)c2)OCCN(C(=O)C(C)C)C3)cc1OC. The summed E-state index contributed by atoms with van der Waals surface area (Å²) in [7, 11) is 4.85. The first-order valence-corrected chi connectivity index (χ1v) is 9.33. The molecule has 0 radical (unpaired) electrons. The molecule has 0 spiro atoms. The van der Waals surface area contributed by atoms with Gasteiger partial charge in [-0.25, -0.2) is 0 Å². The molecule has 28 heavy (non-hydrogen) atoms. The number of methoxy groups -OCH3 is 3. The zero-order valence-electron chi connectivity index (χ0n) is 17.1. The van der Waals surface area contributed by atoms with E-state index in [1.54, 1.807) is 21.3 Å². The van der Waals surface area contributed by atoms with Crippen LogP contribution in [-0.2, 0) is 11.3 Å². The molecule has 1 heterocycles. The highest BCUT2D eigenvalue weighted by Crippen LogP contribution is 2.40. The van der Waals surface area contributed by atoms with E-state index < -0.39 is 0 Å². The fraction of sp³-hybridized carbons (Fsp3) is 0.409. The molecule has 0 aromatic heterocycles. The van der Waals surface area contributed by atoms with Gasteiger partial charge in [0.25, 0.3) is 0 Å². The first-order chi connectivity index (χ1) is 13.5. The minimum absolute atomic E-state index is 0.0579. The monoisotopic (exact) mass is 385 g/mol. The highest BCUT2D eigenvalue weighted by molar-refractivity contribution is 5.79. The van der Waals surface area contributed by atoms with Gasteiger partial charge in [0.15, 0.2) is 23.0 Å². The van der Waals surface area contributed by atoms with Gasteiger partial charge in [0.05, 0.1) is 27.9 Å². The molecule has 0 unspecified atom stereocenters. The standard InChI is InChI=1S/C22H27NO5/c1-14(2)22(24)23-8-9-28-21-17(13-23)10-16(12-20(21)27-5)15-6-7-18(25-3)19(11-15)26-4/h6-7,10-12,14H,8-9,13H2,1-5H3. The summed E-state index contributed by atoms with van der Waals surface area (Å²) in [5.41, 5.74) is 2.85. The number of fused-ring (bicyclic) bond motifs is 1. The van der Waals surface area contributed by atoms with Crippen molar-refractivity contribution in [3.05, 3.63) is 35.9 Å². The van der Waals surface area contributed by atoms with Crippen molar-refractivity contribution in [2.75, 3.05) is 34.5 Å². The molecule has 0 atom stereocenters. The molecule has 1 aliphatic rings. The van der Waals surface area contributed by atoms with Crippen molar-refractivity contribution in [1.82, 2.24) is 4.90 Å². The molecular formula is C22H27NO5. The summed E-state index contributed by atoms with van der Waals surface area (Å²) in [6.45, 7) is 5.31. The van der Waals surface area contributed by atoms with Crippen molar-refractivity contribution in [2.45, 2.75) is 20.4 Å². The number of benzene rings is 2. The zero-order valence-corrected chi connectivity index (χ0v) is 17.1. The van der Waals surface area contributed by atoms with Crippen molar-refractivity contribution < 1.29 is 23.7 Å². The van der Waals surface area contributed by atoms with Crippen LogP contribution in [0.4, 0.5) is 0 Å². The average Bonchev–Trinajstić information content (AvgIpc) is 2.94. The number of carbonyl (C=O) groups is 1. The summed E-state index contributed by atoms with van der Waals surface area (Å²) in [6, 6.07) is 9.76. The molecule has 2 aromatic rings. The Kier molecular flexibility index (Phi) is 5.97. The molecule has 6 heteroatoms. The summed E-state index contributed by atoms with van der Waals surface area (Å²) >= 11 is 0. The number of nitrogens with zero attached hydrogens (tertiary/aromatic N) is 1. The average molecular weight is 385 g/mol. The van der Waals surface area contributed by atoms with E-state index in [-0.39, 0.29) is 11.8 Å². The van der Waals surface area contributed by atoms with Gasteiger partial charge < -0.3 is 23.8 Å². The molecule has 0 bridgehead atoms. The maximum absolute atomic E-state index is 12.5. The Morgan fingerprint density at radius 3 is 2.29 bits per heavy atom. The van der Waals surface area contributed by atoms with Crippen molar-refractivity contribution in [1.29, 1.82) is 0 Å². The van der Waals surface area contributed by atoms with Crippen LogP contribution in [0.1, 0.15) is 19.4 Å². The molecule has 1 amide bonds. The summed E-state index contributed by atoms with van der Waals surface area (Å²) in [4.78, 5) is 14.4. The van der Waals surface area contributed by atoms with Gasteiger partial charge in [0, 0.05) is 18.0 Å². The van der Waals surface area contributed by atoms with Crippen molar-refractivity contribution in [3.8, 4) is 34.1 Å². The molecule has 0 N–H and O–H groups in total. The number of rotatable bonds is 5. The van der Waals surface area contributed by atoms with E-state index in [2.05, 4.69) is 0 Å². The van der Waals surface area contributed by atoms with Gasteiger partial charge >= 0.3 is 0 Å². The number of carbonyl (C=O) groups excluding carboxylic acids is 1. The quantitative estimate of drug-likeness (QED) is 0.784. The smallest absolute Gasteiger partial charge is 0.225 e. The van der Waals surface area contributed by atoms with Crippen molar-refractivity contribution >= 4 is 5.91 Å². The highest BCUT2D eigenvalue weighted by Gasteiger charge is 2.24. The van der Waals surface area contributed by atoms with Crippen LogP contribution in [-0.4, -0.2) is 45.3 Å². The molecule has 0 aliphatic carbocycles. The lowest BCUT2D eigenvalue weighted by molar-refractivity contribution is -0.135. The van der Waals surface area contributed by atoms with Gasteiger partial charge in [-0.15, -0.1) is 0 Å². The summed E-state index contributed by atoms with van der Waals surface area (Å²) in [5, 5.41) is 0. The van der Waals surface area contributed by atoms with Gasteiger partial charge in [-0.1, -0.05) is 19.9 Å². The van der Waals surface area contributed by atoms with Crippen LogP contribution in [0.3, 0.4) is 0 Å². The second-order valence-electron chi connectivity index (χ2n) is 7.00. The third-order valence-electron chi connectivity index (χ3n) is 4.84. The molecule has 6 nitrogen and oxygen atoms in total. The third kappa shape index (κ3) is 3.86. The summed E-state index contributed by atoms with van der Waals surface area (Å²) in [5.74, 6) is 2.74. The summed E-state index contributed by atoms with van der Waals surface area (Å²) in [6.07, 6.45) is 0. The lowest BCUT2D eigenvalue weighted by atomic mass is 10.0. The van der Waals surface area contributed by atoms with E-state index in [0.29, 0.717) is 42.7 Å². The predicted molar refractivity (Wildman–Crippen MR) is 107 cm³/mol. The molecule has 2 aromatic carbocycles. The zero-order chi connectivity index (χ0) is 20.3. The lowest BCUT2D eigenvalue weighted by Crippen LogP contribution is -2.35. The minimum Gasteiger partial charge on any atom is -0.493 e. The minimum atomic E-state index is -0.0579. The highest BCUT2D eigenvalue weighted by atomic mass is 16.5. The van der Waals surface area contributed by atoms with Crippen LogP contribution in [0.2, 0.25) is 0 Å². The fourth-order valence-corrected chi connectivity index (χ4v) is 3.37. The molecule has 3 rings (SSSR count). The van der Waals surface area contributed by atoms with Crippen LogP contribution in [0.5, 0.6) is 23.0 Å². The predicted octanol–water partition coefficient (Wildman–Crippen LogP) is 3.76. The van der Waals surface area contributed by atoms with E-state index in [9.17, 15) is 4.79 Å². The lowest BCUT2D eigenvalue weighted by Gasteiger charge is -2.22. The van der Waals surface area contributed by atoms with E-state index in [4.69, 9.17) is 18.9 Å². The first kappa shape index (κ1) is 19.9. The maximum Gasteiger partial charge on any atom is 0.225 e. The number of hydrogen-bond donors (Lipinski definition) is 0. The second-order valence-corrected chi connectivity index (χ2v) is 7.00. The Bertz CT molecular complexity index is 862. The van der Waals surface area contributed by atoms with Crippen LogP contribution in [0, 0.1) is 5.92 Å². The molecule has 0 saturated carbocycles. The van der Waals surface area contributed by atoms with Gasteiger partial charge in [-0.05, 0) is 35.4 Å². The number of ether oxygens (including phenoxy) is 4. The van der Waals surface area contributed by atoms with Crippen molar-refractivity contribution in [2.24, 2.45) is 5.92 Å². The Balaban J connectivity index is 2.05. The Labute approximate surface area is 166 Å². The van der Waals surface area contributed by atoms with Crippen LogP contribution in [0.15, 0.2) is 30.3 Å². The number of hydrogen-bond acceptors (Lipinski definition) is 5. The van der Waals surface area contributed by atoms with Crippen LogP contribution in [0.25, 0.3) is 11.1 Å². The van der Waals surface area contributed by atoms with E-state index in [1.807, 2.05) is 49.1 Å². The van der Waals surface area contributed by atoms with Gasteiger partial charge in [0.1, 0.15) is 6.61 Å². The first-order valence-electron chi connectivity index (χ1n) is 9.33. The second kappa shape index (κ2) is 8.42. The van der Waals surface area contributed by atoms with Gasteiger partial charge in [0.2, 0.25) is 5.91 Å². The van der Waals surface area contributed by atoms with Gasteiger partial charge in [-0.2, -0.15) is 0 Å². The Hall–Kier alpha value is -2.89. The van der Waals surface area contributed by atoms with E-state index >= 15 is 0 Å². The summed E-state index contributed by atoms with van der Waals surface area (Å²) < 4.78 is 22.3.